The molecule has 0 fully saturated rings. The van der Waals surface area contributed by atoms with Crippen molar-refractivity contribution < 1.29 is 14.6 Å². The van der Waals surface area contributed by atoms with Crippen LogP contribution in [0.25, 0.3) is 0 Å². The number of fused-ring (bicyclic) bond motifs is 1. The first kappa shape index (κ1) is 16.8. The van der Waals surface area contributed by atoms with Crippen LogP contribution in [0.1, 0.15) is 46.1 Å². The fourth-order valence-corrected chi connectivity index (χ4v) is 3.39. The monoisotopic (exact) mass is 364 g/mol. The zero-order valence-electron chi connectivity index (χ0n) is 14.4. The summed E-state index contributed by atoms with van der Waals surface area (Å²) in [6.07, 6.45) is -1.08. The van der Waals surface area contributed by atoms with Crippen LogP contribution in [0.5, 0.6) is 5.88 Å². The Hall–Kier alpha value is -3.61. The van der Waals surface area contributed by atoms with Gasteiger partial charge in [0.05, 0.1) is 11.6 Å². The van der Waals surface area contributed by atoms with Gasteiger partial charge >= 0.3 is 11.7 Å². The van der Waals surface area contributed by atoms with Crippen LogP contribution in [0, 0.1) is 0 Å². The van der Waals surface area contributed by atoms with E-state index in [1.54, 1.807) is 31.2 Å². The number of H-pyrrole nitrogens is 1. The predicted octanol–water partition coefficient (Wildman–Crippen LogP) is 2.11. The van der Waals surface area contributed by atoms with Crippen molar-refractivity contribution in [3.05, 3.63) is 97.7 Å². The van der Waals surface area contributed by atoms with Crippen LogP contribution >= 0.6 is 0 Å². The normalized spacial score (nSPS) is 16.6. The minimum Gasteiger partial charge on any atom is -0.494 e. The average Bonchev–Trinajstić information content (AvgIpc) is 2.99. The second kappa shape index (κ2) is 6.28. The van der Waals surface area contributed by atoms with E-state index in [9.17, 15) is 19.5 Å². The third-order valence-electron chi connectivity index (χ3n) is 4.77. The molecule has 1 aromatic heterocycles. The van der Waals surface area contributed by atoms with Crippen LogP contribution in [0.4, 0.5) is 0 Å². The van der Waals surface area contributed by atoms with Gasteiger partial charge in [0.15, 0.2) is 6.10 Å². The first-order valence-electron chi connectivity index (χ1n) is 8.41. The van der Waals surface area contributed by atoms with E-state index in [0.717, 1.165) is 10.1 Å². The van der Waals surface area contributed by atoms with Gasteiger partial charge in [0.2, 0.25) is 5.88 Å². The number of hydrogen-bond donors (Lipinski definition) is 2. The summed E-state index contributed by atoms with van der Waals surface area (Å²) in [7, 11) is 0. The van der Waals surface area contributed by atoms with Gasteiger partial charge in [-0.05, 0) is 18.6 Å². The Labute approximate surface area is 153 Å². The molecule has 0 bridgehead atoms. The van der Waals surface area contributed by atoms with Crippen LogP contribution in [0.2, 0.25) is 0 Å². The number of hydrogen-bond acceptors (Lipinski definition) is 5. The van der Waals surface area contributed by atoms with Gasteiger partial charge in [-0.25, -0.2) is 9.59 Å². The van der Waals surface area contributed by atoms with E-state index >= 15 is 0 Å². The van der Waals surface area contributed by atoms with Gasteiger partial charge in [-0.15, -0.1) is 0 Å². The van der Waals surface area contributed by atoms with Crippen molar-refractivity contribution in [2.75, 3.05) is 0 Å². The quantitative estimate of drug-likeness (QED) is 0.693. The Bertz CT molecular complexity index is 1150. The van der Waals surface area contributed by atoms with E-state index in [4.69, 9.17) is 4.74 Å². The topological polar surface area (TPSA) is 101 Å². The summed E-state index contributed by atoms with van der Waals surface area (Å²) in [5.41, 5.74) is -0.123. The number of benzene rings is 2. The average molecular weight is 364 g/mol. The first-order chi connectivity index (χ1) is 13.0. The molecule has 1 aliphatic heterocycles. The van der Waals surface area contributed by atoms with Crippen molar-refractivity contribution in [3.8, 4) is 5.88 Å². The molecule has 136 valence electrons. The zero-order chi connectivity index (χ0) is 19.1. The van der Waals surface area contributed by atoms with Gasteiger partial charge in [-0.3, -0.25) is 14.3 Å². The molecule has 0 aliphatic carbocycles. The minimum absolute atomic E-state index is 0.171. The lowest BCUT2D eigenvalue weighted by molar-refractivity contribution is 0.0448. The minimum atomic E-state index is -1.08. The summed E-state index contributed by atoms with van der Waals surface area (Å²) in [6.45, 7) is 1.73. The fourth-order valence-electron chi connectivity index (χ4n) is 3.39. The van der Waals surface area contributed by atoms with E-state index in [0.29, 0.717) is 11.1 Å². The number of aromatic nitrogens is 2. The molecule has 7 nitrogen and oxygen atoms in total. The predicted molar refractivity (Wildman–Crippen MR) is 96.9 cm³/mol. The molecule has 4 rings (SSSR count). The molecule has 3 aromatic rings. The highest BCUT2D eigenvalue weighted by Gasteiger charge is 2.37. The van der Waals surface area contributed by atoms with Crippen LogP contribution in [0.3, 0.4) is 0 Å². The summed E-state index contributed by atoms with van der Waals surface area (Å²) in [5, 5.41) is 10.8. The molecule has 0 saturated carbocycles. The summed E-state index contributed by atoms with van der Waals surface area (Å²) in [5.74, 6) is -1.10. The SMILES string of the molecule is C[C@H](c1ccccc1)n1c(O)c([C@@H]2OC(=O)c3ccccc32)c(=O)[nH]c1=O. The Morgan fingerprint density at radius 3 is 2.44 bits per heavy atom. The lowest BCUT2D eigenvalue weighted by Crippen LogP contribution is -2.35. The maximum absolute atomic E-state index is 12.5. The number of nitrogens with one attached hydrogen (secondary N) is 1. The van der Waals surface area contributed by atoms with E-state index in [2.05, 4.69) is 4.98 Å². The number of ether oxygens (including phenoxy) is 1. The van der Waals surface area contributed by atoms with Gasteiger partial charge in [0, 0.05) is 5.56 Å². The van der Waals surface area contributed by atoms with Gasteiger partial charge in [-0.2, -0.15) is 0 Å². The summed E-state index contributed by atoms with van der Waals surface area (Å²) in [4.78, 5) is 39.2. The van der Waals surface area contributed by atoms with Crippen LogP contribution in [-0.4, -0.2) is 20.6 Å². The third-order valence-corrected chi connectivity index (χ3v) is 4.77. The van der Waals surface area contributed by atoms with Crippen molar-refractivity contribution in [2.45, 2.75) is 19.1 Å². The summed E-state index contributed by atoms with van der Waals surface area (Å²) >= 11 is 0. The Kier molecular flexibility index (Phi) is 3.92. The molecule has 1 aliphatic rings. The Morgan fingerprint density at radius 1 is 1.04 bits per heavy atom. The molecule has 0 spiro atoms. The summed E-state index contributed by atoms with van der Waals surface area (Å²) in [6, 6.07) is 15.2. The highest BCUT2D eigenvalue weighted by Crippen LogP contribution is 2.37. The number of rotatable bonds is 3. The summed E-state index contributed by atoms with van der Waals surface area (Å²) < 4.78 is 6.41. The molecule has 0 unspecified atom stereocenters. The largest absolute Gasteiger partial charge is 0.494 e. The van der Waals surface area contributed by atoms with Crippen molar-refractivity contribution in [1.82, 2.24) is 9.55 Å². The smallest absolute Gasteiger partial charge is 0.339 e. The second-order valence-corrected chi connectivity index (χ2v) is 6.33. The molecule has 0 saturated heterocycles. The number of carbonyl (C=O) groups is 1. The maximum atomic E-state index is 12.5. The lowest BCUT2D eigenvalue weighted by atomic mass is 10.0. The van der Waals surface area contributed by atoms with Gasteiger partial charge < -0.3 is 9.84 Å². The highest BCUT2D eigenvalue weighted by atomic mass is 16.5. The molecule has 2 heterocycles. The van der Waals surface area contributed by atoms with Gasteiger partial charge in [-0.1, -0.05) is 48.5 Å². The number of aromatic hydroxyl groups is 1. The molecular weight excluding hydrogens is 348 g/mol. The second-order valence-electron chi connectivity index (χ2n) is 6.33. The molecule has 0 radical (unpaired) electrons. The highest BCUT2D eigenvalue weighted by molar-refractivity contribution is 5.94. The van der Waals surface area contributed by atoms with Crippen molar-refractivity contribution in [1.29, 1.82) is 0 Å². The van der Waals surface area contributed by atoms with Crippen LogP contribution < -0.4 is 11.2 Å². The number of esters is 1. The molecule has 2 aromatic carbocycles. The lowest BCUT2D eigenvalue weighted by Gasteiger charge is -2.20. The number of carbonyl (C=O) groups excluding carboxylic acids is 1. The molecule has 0 amide bonds. The standard InChI is InChI=1S/C20H16N2O5/c1-11(12-7-3-2-4-8-12)22-18(24)15(17(23)21-20(22)26)16-13-9-5-6-10-14(13)19(25)27-16/h2-11,16,24H,1H3,(H,21,23,26)/t11-,16-/m1/s1. The maximum Gasteiger partial charge on any atom is 0.339 e. The van der Waals surface area contributed by atoms with Crippen LogP contribution in [-0.2, 0) is 4.74 Å². The van der Waals surface area contributed by atoms with Crippen LogP contribution in [0.15, 0.2) is 64.2 Å². The molecule has 27 heavy (non-hydrogen) atoms. The van der Waals surface area contributed by atoms with Gasteiger partial charge in [0.1, 0.15) is 5.56 Å². The number of cyclic esters (lactones) is 1. The van der Waals surface area contributed by atoms with Crippen molar-refractivity contribution >= 4 is 5.97 Å². The molecule has 2 N–H and O–H groups in total. The van der Waals surface area contributed by atoms with Crippen molar-refractivity contribution in [2.24, 2.45) is 0 Å². The van der Waals surface area contributed by atoms with Crippen molar-refractivity contribution in [3.63, 3.8) is 0 Å². The Morgan fingerprint density at radius 2 is 1.70 bits per heavy atom. The molecular formula is C20H16N2O5. The molecule has 7 heteroatoms. The molecule has 2 atom stereocenters. The van der Waals surface area contributed by atoms with E-state index < -0.39 is 35.2 Å². The van der Waals surface area contributed by atoms with E-state index in [1.807, 2.05) is 30.3 Å². The zero-order valence-corrected chi connectivity index (χ0v) is 14.4. The van der Waals surface area contributed by atoms with E-state index in [1.165, 1.54) is 0 Å². The van der Waals surface area contributed by atoms with E-state index in [-0.39, 0.29) is 5.56 Å². The Balaban J connectivity index is 1.91. The number of aromatic amines is 1. The number of nitrogens with zero attached hydrogens (tertiary/aromatic N) is 1. The third kappa shape index (κ3) is 2.64. The first-order valence-corrected chi connectivity index (χ1v) is 8.41. The fraction of sp³-hybridized carbons (Fsp3) is 0.150. The van der Waals surface area contributed by atoms with Gasteiger partial charge in [0.25, 0.3) is 5.56 Å².